The first-order valence-electron chi connectivity index (χ1n) is 4.89. The third-order valence-corrected chi connectivity index (χ3v) is 3.78. The van der Waals surface area contributed by atoms with Gasteiger partial charge in [-0.25, -0.2) is 0 Å². The van der Waals surface area contributed by atoms with E-state index in [-0.39, 0.29) is 5.91 Å². The van der Waals surface area contributed by atoms with Crippen LogP contribution in [-0.2, 0) is 11.2 Å². The van der Waals surface area contributed by atoms with Gasteiger partial charge in [0.15, 0.2) is 4.90 Å². The Bertz CT molecular complexity index is 607. The molecule has 80 valence electrons. The van der Waals surface area contributed by atoms with Crippen LogP contribution in [0.2, 0.25) is 0 Å². The zero-order chi connectivity index (χ0) is 11.3. The van der Waals surface area contributed by atoms with Crippen molar-refractivity contribution in [2.24, 2.45) is 0 Å². The second-order valence-corrected chi connectivity index (χ2v) is 5.10. The molecule has 1 heterocycles. The van der Waals surface area contributed by atoms with Crippen molar-refractivity contribution in [3.05, 3.63) is 35.9 Å². The molecule has 0 radical (unpaired) electrons. The van der Waals surface area contributed by atoms with Crippen LogP contribution >= 0.6 is 0 Å². The summed E-state index contributed by atoms with van der Waals surface area (Å²) < 4.78 is 11.6. The molecule has 1 aliphatic rings. The Balaban J connectivity index is 2.46. The monoisotopic (exact) mass is 231 g/mol. The molecule has 0 spiro atoms. The smallest absolute Gasteiger partial charge is 0.256 e. The Hall–Kier alpha value is -1.52. The van der Waals surface area contributed by atoms with Crippen LogP contribution in [0.4, 0.5) is 5.69 Å². The molecule has 0 fully saturated rings. The number of carbonyl (C=O) groups is 1. The molecule has 3 nitrogen and oxygen atoms in total. The van der Waals surface area contributed by atoms with Gasteiger partial charge in [0, 0.05) is 16.3 Å². The SMILES string of the molecule is C[S+]([O-])c1ccc2c3c(cccc13)C(=O)N2. The molecule has 0 saturated heterocycles. The van der Waals surface area contributed by atoms with Crippen LogP contribution in [0.1, 0.15) is 10.4 Å². The minimum absolute atomic E-state index is 0.0837. The number of nitrogens with one attached hydrogen (secondary N) is 1. The lowest BCUT2D eigenvalue weighted by molar-refractivity contribution is 0.103. The topological polar surface area (TPSA) is 52.2 Å². The summed E-state index contributed by atoms with van der Waals surface area (Å²) in [6.07, 6.45) is 1.65. The molecule has 4 heteroatoms. The lowest BCUT2D eigenvalue weighted by Gasteiger charge is -2.08. The molecule has 0 bridgehead atoms. The minimum Gasteiger partial charge on any atom is -0.612 e. The third kappa shape index (κ3) is 1.17. The lowest BCUT2D eigenvalue weighted by atomic mass is 10.1. The van der Waals surface area contributed by atoms with E-state index in [9.17, 15) is 9.35 Å². The number of hydrogen-bond donors (Lipinski definition) is 1. The number of anilines is 1. The maximum atomic E-state index is 11.6. The summed E-state index contributed by atoms with van der Waals surface area (Å²) in [7, 11) is 0. The highest BCUT2D eigenvalue weighted by Gasteiger charge is 2.24. The van der Waals surface area contributed by atoms with Crippen molar-refractivity contribution < 1.29 is 9.35 Å². The predicted octanol–water partition coefficient (Wildman–Crippen LogP) is 2.14. The first-order chi connectivity index (χ1) is 7.68. The Kier molecular flexibility index (Phi) is 1.96. The summed E-state index contributed by atoms with van der Waals surface area (Å²) in [6, 6.07) is 9.13. The number of hydrogen-bond acceptors (Lipinski definition) is 2. The largest absolute Gasteiger partial charge is 0.612 e. The molecule has 0 aliphatic carbocycles. The standard InChI is InChI=1S/C12H9NO2S/c1-16(15)10-6-5-9-11-7(10)3-2-4-8(11)12(14)13-9/h2-6H,1H3,(H,13,14). The number of carbonyl (C=O) groups excluding carboxylic acids is 1. The van der Waals surface area contributed by atoms with Crippen LogP contribution in [0.5, 0.6) is 0 Å². The maximum absolute atomic E-state index is 11.6. The van der Waals surface area contributed by atoms with Crippen molar-refractivity contribution in [3.63, 3.8) is 0 Å². The van der Waals surface area contributed by atoms with Gasteiger partial charge in [-0.05, 0) is 35.4 Å². The Morgan fingerprint density at radius 2 is 2.06 bits per heavy atom. The summed E-state index contributed by atoms with van der Waals surface area (Å²) in [5, 5.41) is 4.59. The molecule has 2 aromatic carbocycles. The van der Waals surface area contributed by atoms with E-state index >= 15 is 0 Å². The zero-order valence-corrected chi connectivity index (χ0v) is 9.43. The van der Waals surface area contributed by atoms with Gasteiger partial charge < -0.3 is 9.87 Å². The molecule has 16 heavy (non-hydrogen) atoms. The highest BCUT2D eigenvalue weighted by atomic mass is 32.2. The van der Waals surface area contributed by atoms with Gasteiger partial charge in [0.25, 0.3) is 5.91 Å². The first-order valence-corrected chi connectivity index (χ1v) is 6.45. The summed E-state index contributed by atoms with van der Waals surface area (Å²) in [5.74, 6) is -0.0837. The highest BCUT2D eigenvalue weighted by Crippen LogP contribution is 2.36. The van der Waals surface area contributed by atoms with E-state index in [0.29, 0.717) is 5.56 Å². The van der Waals surface area contributed by atoms with Gasteiger partial charge in [-0.1, -0.05) is 6.07 Å². The molecule has 2 aromatic rings. The van der Waals surface area contributed by atoms with Crippen molar-refractivity contribution in [1.29, 1.82) is 0 Å². The summed E-state index contributed by atoms with van der Waals surface area (Å²) in [5.41, 5.74) is 1.48. The third-order valence-electron chi connectivity index (χ3n) is 2.80. The summed E-state index contributed by atoms with van der Waals surface area (Å²) in [4.78, 5) is 12.4. The number of benzene rings is 2. The number of amides is 1. The zero-order valence-electron chi connectivity index (χ0n) is 8.61. The fourth-order valence-corrected chi connectivity index (χ4v) is 2.85. The molecular formula is C12H9NO2S. The fraction of sp³-hybridized carbons (Fsp3) is 0.0833. The van der Waals surface area contributed by atoms with Gasteiger partial charge in [0.05, 0.1) is 5.69 Å². The fourth-order valence-electron chi connectivity index (χ4n) is 2.11. The van der Waals surface area contributed by atoms with E-state index in [4.69, 9.17) is 0 Å². The molecule has 1 amide bonds. The first kappa shape index (κ1) is 9.69. The quantitative estimate of drug-likeness (QED) is 0.764. The van der Waals surface area contributed by atoms with Crippen molar-refractivity contribution in [1.82, 2.24) is 0 Å². The normalized spacial score (nSPS) is 15.2. The molecule has 1 aliphatic heterocycles. The van der Waals surface area contributed by atoms with E-state index < -0.39 is 11.2 Å². The maximum Gasteiger partial charge on any atom is 0.256 e. The predicted molar refractivity (Wildman–Crippen MR) is 64.2 cm³/mol. The summed E-state index contributed by atoms with van der Waals surface area (Å²) in [6.45, 7) is 0. The Morgan fingerprint density at radius 1 is 1.25 bits per heavy atom. The average Bonchev–Trinajstić information content (AvgIpc) is 2.58. The summed E-state index contributed by atoms with van der Waals surface area (Å²) >= 11 is -1.04. The van der Waals surface area contributed by atoms with Gasteiger partial charge in [-0.3, -0.25) is 4.79 Å². The minimum atomic E-state index is -1.04. The molecule has 1 N–H and O–H groups in total. The number of rotatable bonds is 1. The Labute approximate surface area is 95.6 Å². The molecular weight excluding hydrogens is 222 g/mol. The van der Waals surface area contributed by atoms with Crippen molar-refractivity contribution >= 4 is 33.5 Å². The van der Waals surface area contributed by atoms with Crippen LogP contribution in [0.3, 0.4) is 0 Å². The Morgan fingerprint density at radius 3 is 2.81 bits per heavy atom. The van der Waals surface area contributed by atoms with E-state index in [2.05, 4.69) is 5.32 Å². The van der Waals surface area contributed by atoms with Gasteiger partial charge in [0.2, 0.25) is 0 Å². The van der Waals surface area contributed by atoms with Crippen LogP contribution in [0.25, 0.3) is 10.8 Å². The van der Waals surface area contributed by atoms with Crippen LogP contribution in [-0.4, -0.2) is 16.7 Å². The van der Waals surface area contributed by atoms with Gasteiger partial charge in [-0.2, -0.15) is 0 Å². The molecule has 0 aromatic heterocycles. The molecule has 3 rings (SSSR count). The lowest BCUT2D eigenvalue weighted by Crippen LogP contribution is -2.03. The molecule has 0 saturated carbocycles. The van der Waals surface area contributed by atoms with Gasteiger partial charge >= 0.3 is 0 Å². The molecule has 1 atom stereocenters. The van der Waals surface area contributed by atoms with Gasteiger partial charge in [-0.15, -0.1) is 0 Å². The van der Waals surface area contributed by atoms with E-state index in [1.54, 1.807) is 12.3 Å². The van der Waals surface area contributed by atoms with Crippen LogP contribution in [0.15, 0.2) is 35.2 Å². The highest BCUT2D eigenvalue weighted by molar-refractivity contribution is 7.91. The average molecular weight is 231 g/mol. The second-order valence-electron chi connectivity index (χ2n) is 3.75. The van der Waals surface area contributed by atoms with Crippen LogP contribution in [0, 0.1) is 0 Å². The van der Waals surface area contributed by atoms with E-state index in [0.717, 1.165) is 21.4 Å². The van der Waals surface area contributed by atoms with E-state index in [1.165, 1.54) is 0 Å². The van der Waals surface area contributed by atoms with E-state index in [1.807, 2.05) is 24.3 Å². The molecule has 1 unspecified atom stereocenters. The van der Waals surface area contributed by atoms with Crippen molar-refractivity contribution in [2.45, 2.75) is 4.90 Å². The van der Waals surface area contributed by atoms with Crippen LogP contribution < -0.4 is 5.32 Å². The van der Waals surface area contributed by atoms with Crippen molar-refractivity contribution in [2.75, 3.05) is 11.6 Å². The van der Waals surface area contributed by atoms with Gasteiger partial charge in [0.1, 0.15) is 6.26 Å². The second kappa shape index (κ2) is 3.23. The van der Waals surface area contributed by atoms with Crippen molar-refractivity contribution in [3.8, 4) is 0 Å².